The highest BCUT2D eigenvalue weighted by Gasteiger charge is 2.48. The lowest BCUT2D eigenvalue weighted by atomic mass is 9.86. The maximum atomic E-state index is 12.6. The summed E-state index contributed by atoms with van der Waals surface area (Å²) in [4.78, 5) is 14.6. The second-order valence-electron chi connectivity index (χ2n) is 6.43. The predicted molar refractivity (Wildman–Crippen MR) is 83.9 cm³/mol. The average Bonchev–Trinajstić information content (AvgIpc) is 2.86. The van der Waals surface area contributed by atoms with Gasteiger partial charge in [0, 0.05) is 37.1 Å². The number of amides is 2. The number of hydrogen-bond donors (Lipinski definition) is 1. The number of carbonyl (C=O) groups is 1. The Labute approximate surface area is 131 Å². The Hall–Kier alpha value is -1.75. The van der Waals surface area contributed by atoms with Gasteiger partial charge >= 0.3 is 6.03 Å². The fourth-order valence-electron chi connectivity index (χ4n) is 3.59. The van der Waals surface area contributed by atoms with Gasteiger partial charge in [0.1, 0.15) is 5.75 Å². The van der Waals surface area contributed by atoms with Crippen molar-refractivity contribution >= 4 is 6.03 Å². The summed E-state index contributed by atoms with van der Waals surface area (Å²) in [7, 11) is 1.71. The van der Waals surface area contributed by atoms with Crippen molar-refractivity contribution < 1.29 is 14.3 Å². The molecular weight excluding hydrogens is 280 g/mol. The maximum Gasteiger partial charge on any atom is 0.318 e. The molecule has 5 nitrogen and oxygen atoms in total. The zero-order valence-electron chi connectivity index (χ0n) is 13.4. The van der Waals surface area contributed by atoms with Crippen molar-refractivity contribution in [2.75, 3.05) is 26.9 Å². The molecule has 22 heavy (non-hydrogen) atoms. The molecule has 1 N–H and O–H groups in total. The molecule has 3 atom stereocenters. The Balaban J connectivity index is 1.92. The van der Waals surface area contributed by atoms with E-state index in [9.17, 15) is 4.79 Å². The Morgan fingerprint density at radius 3 is 2.95 bits per heavy atom. The van der Waals surface area contributed by atoms with E-state index in [0.29, 0.717) is 25.7 Å². The van der Waals surface area contributed by atoms with Crippen LogP contribution in [0.5, 0.6) is 5.75 Å². The van der Waals surface area contributed by atoms with Crippen molar-refractivity contribution in [1.82, 2.24) is 10.2 Å². The van der Waals surface area contributed by atoms with Crippen molar-refractivity contribution in [1.29, 1.82) is 0 Å². The molecule has 2 amide bonds. The molecule has 0 unspecified atom stereocenters. The Morgan fingerprint density at radius 2 is 2.23 bits per heavy atom. The van der Waals surface area contributed by atoms with Gasteiger partial charge in [0.15, 0.2) is 0 Å². The number of carbonyl (C=O) groups excluding carboxylic acids is 1. The lowest BCUT2D eigenvalue weighted by molar-refractivity contribution is 0.1000. The van der Waals surface area contributed by atoms with E-state index in [1.807, 2.05) is 36.9 Å². The third kappa shape index (κ3) is 2.65. The highest BCUT2D eigenvalue weighted by Crippen LogP contribution is 2.47. The molecule has 0 saturated carbocycles. The van der Waals surface area contributed by atoms with Crippen LogP contribution < -0.4 is 10.1 Å². The normalized spacial score (nSPS) is 26.4. The van der Waals surface area contributed by atoms with Crippen molar-refractivity contribution in [3.05, 3.63) is 29.8 Å². The second-order valence-corrected chi connectivity index (χ2v) is 6.43. The molecule has 1 aromatic carbocycles. The number of urea groups is 1. The van der Waals surface area contributed by atoms with Crippen LogP contribution >= 0.6 is 0 Å². The van der Waals surface area contributed by atoms with E-state index in [1.165, 1.54) is 0 Å². The van der Waals surface area contributed by atoms with Crippen molar-refractivity contribution in [2.45, 2.75) is 25.9 Å². The van der Waals surface area contributed by atoms with Crippen LogP contribution in [0.25, 0.3) is 0 Å². The van der Waals surface area contributed by atoms with E-state index in [4.69, 9.17) is 9.47 Å². The lowest BCUT2D eigenvalue weighted by Gasteiger charge is -2.34. The number of nitrogens with one attached hydrogen (secondary N) is 1. The molecule has 2 aliphatic heterocycles. The molecule has 0 aliphatic carbocycles. The highest BCUT2D eigenvalue weighted by molar-refractivity contribution is 5.75. The number of fused-ring (bicyclic) bond motifs is 3. The summed E-state index contributed by atoms with van der Waals surface area (Å²) < 4.78 is 11.3. The Morgan fingerprint density at radius 1 is 1.45 bits per heavy atom. The third-order valence-corrected chi connectivity index (χ3v) is 4.50. The molecule has 120 valence electrons. The Kier molecular flexibility index (Phi) is 4.25. The van der Waals surface area contributed by atoms with Gasteiger partial charge in [-0.2, -0.15) is 0 Å². The summed E-state index contributed by atoms with van der Waals surface area (Å²) in [6, 6.07) is 8.23. The van der Waals surface area contributed by atoms with Gasteiger partial charge in [-0.1, -0.05) is 18.2 Å². The van der Waals surface area contributed by atoms with E-state index in [-0.39, 0.29) is 24.0 Å². The zero-order valence-corrected chi connectivity index (χ0v) is 13.4. The molecule has 1 saturated heterocycles. The van der Waals surface area contributed by atoms with Gasteiger partial charge < -0.3 is 19.7 Å². The second kappa shape index (κ2) is 6.16. The van der Waals surface area contributed by atoms with Gasteiger partial charge in [-0.3, -0.25) is 0 Å². The first-order valence-corrected chi connectivity index (χ1v) is 7.89. The van der Waals surface area contributed by atoms with E-state index in [0.717, 1.165) is 11.3 Å². The summed E-state index contributed by atoms with van der Waals surface area (Å²) >= 11 is 0. The van der Waals surface area contributed by atoms with Crippen LogP contribution in [0.15, 0.2) is 24.3 Å². The molecule has 2 heterocycles. The average molecular weight is 304 g/mol. The predicted octanol–water partition coefficient (Wildman–Crippen LogP) is 2.43. The van der Waals surface area contributed by atoms with Gasteiger partial charge in [0.05, 0.1) is 19.3 Å². The number of methoxy groups -OCH3 is 1. The minimum Gasteiger partial charge on any atom is -0.493 e. The van der Waals surface area contributed by atoms with Crippen LogP contribution in [-0.2, 0) is 4.74 Å². The van der Waals surface area contributed by atoms with Crippen molar-refractivity contribution in [3.8, 4) is 5.75 Å². The van der Waals surface area contributed by atoms with Gasteiger partial charge in [-0.05, 0) is 19.9 Å². The van der Waals surface area contributed by atoms with E-state index in [1.54, 1.807) is 7.11 Å². The molecule has 0 radical (unpaired) electrons. The molecule has 1 aromatic rings. The molecule has 0 bridgehead atoms. The topological polar surface area (TPSA) is 50.8 Å². The molecule has 2 aliphatic rings. The standard InChI is InChI=1S/C17H24N2O3/c1-11(2)18-17(20)19-8-12(9-21-3)14-10-22-15-7-5-4-6-13(15)16(14)19/h4-7,11-12,14,16H,8-10H2,1-3H3,(H,18,20)/t12-,14-,16-/m0/s1. The smallest absolute Gasteiger partial charge is 0.318 e. The first kappa shape index (κ1) is 15.2. The van der Waals surface area contributed by atoms with Crippen LogP contribution in [0, 0.1) is 11.8 Å². The number of para-hydroxylation sites is 1. The van der Waals surface area contributed by atoms with Crippen LogP contribution in [0.1, 0.15) is 25.5 Å². The van der Waals surface area contributed by atoms with Crippen molar-refractivity contribution in [2.24, 2.45) is 11.8 Å². The van der Waals surface area contributed by atoms with Crippen LogP contribution in [0.2, 0.25) is 0 Å². The minimum atomic E-state index is 0.000283. The maximum absolute atomic E-state index is 12.6. The van der Waals surface area contributed by atoms with Crippen molar-refractivity contribution in [3.63, 3.8) is 0 Å². The summed E-state index contributed by atoms with van der Waals surface area (Å²) in [5.74, 6) is 1.48. The highest BCUT2D eigenvalue weighted by atomic mass is 16.5. The van der Waals surface area contributed by atoms with Gasteiger partial charge in [-0.15, -0.1) is 0 Å². The number of rotatable bonds is 3. The van der Waals surface area contributed by atoms with Crippen LogP contribution in [-0.4, -0.2) is 43.8 Å². The zero-order chi connectivity index (χ0) is 15.7. The molecule has 0 aromatic heterocycles. The van der Waals surface area contributed by atoms with Gasteiger partial charge in [0.2, 0.25) is 0 Å². The summed E-state index contributed by atoms with van der Waals surface area (Å²) in [6.45, 7) is 5.96. The van der Waals surface area contributed by atoms with Crippen LogP contribution in [0.4, 0.5) is 4.79 Å². The number of nitrogens with zero attached hydrogens (tertiary/aromatic N) is 1. The van der Waals surface area contributed by atoms with Crippen LogP contribution in [0.3, 0.4) is 0 Å². The molecular formula is C17H24N2O3. The van der Waals surface area contributed by atoms with E-state index >= 15 is 0 Å². The van der Waals surface area contributed by atoms with Gasteiger partial charge in [-0.25, -0.2) is 4.79 Å². The molecule has 0 spiro atoms. The number of likely N-dealkylation sites (tertiary alicyclic amines) is 1. The lowest BCUT2D eigenvalue weighted by Crippen LogP contribution is -2.44. The first-order valence-electron chi connectivity index (χ1n) is 7.89. The number of hydrogen-bond acceptors (Lipinski definition) is 3. The minimum absolute atomic E-state index is 0.000283. The molecule has 5 heteroatoms. The van der Waals surface area contributed by atoms with E-state index in [2.05, 4.69) is 11.4 Å². The summed E-state index contributed by atoms with van der Waals surface area (Å²) in [5.41, 5.74) is 1.11. The fraction of sp³-hybridized carbons (Fsp3) is 0.588. The van der Waals surface area contributed by atoms with Gasteiger partial charge in [0.25, 0.3) is 0 Å². The molecule has 1 fully saturated rings. The van der Waals surface area contributed by atoms with E-state index < -0.39 is 0 Å². The summed E-state index contributed by atoms with van der Waals surface area (Å²) in [5, 5.41) is 3.02. The number of benzene rings is 1. The fourth-order valence-corrected chi connectivity index (χ4v) is 3.59. The first-order chi connectivity index (χ1) is 10.6. The SMILES string of the molecule is COC[C@@H]1CN(C(=O)NC(C)C)[C@H]2c3ccccc3OC[C@@H]12. The Bertz CT molecular complexity index is 546. The largest absolute Gasteiger partial charge is 0.493 e. The number of ether oxygens (including phenoxy) is 2. The quantitative estimate of drug-likeness (QED) is 0.933. The molecule has 3 rings (SSSR count). The third-order valence-electron chi connectivity index (χ3n) is 4.50. The summed E-state index contributed by atoms with van der Waals surface area (Å²) in [6.07, 6.45) is 0. The monoisotopic (exact) mass is 304 g/mol.